The van der Waals surface area contributed by atoms with Gasteiger partial charge in [-0.1, -0.05) is 13.8 Å². The van der Waals surface area contributed by atoms with Gasteiger partial charge in [-0.15, -0.1) is 0 Å². The molecule has 0 saturated heterocycles. The van der Waals surface area contributed by atoms with Crippen LogP contribution in [0.5, 0.6) is 0 Å². The normalized spacial score (nSPS) is 7.60. The van der Waals surface area contributed by atoms with Gasteiger partial charge in [0.05, 0.1) is 0 Å². The molecule has 10 heavy (non-hydrogen) atoms. The maximum Gasteiger partial charge on any atom is 2.00 e. The van der Waals surface area contributed by atoms with E-state index in [4.69, 9.17) is 0 Å². The summed E-state index contributed by atoms with van der Waals surface area (Å²) in [5, 5.41) is 0. The molecular weight excluding hydrogens is 199 g/mol. The van der Waals surface area contributed by atoms with Gasteiger partial charge < -0.3 is 6.92 Å². The van der Waals surface area contributed by atoms with Gasteiger partial charge in [-0.25, -0.2) is 12.1 Å². The molecule has 0 aliphatic rings. The molecular formula is C9H14Zr. The third kappa shape index (κ3) is 15.7. The molecule has 0 aliphatic heterocycles. The molecule has 1 rings (SSSR count). The van der Waals surface area contributed by atoms with Crippen molar-refractivity contribution < 1.29 is 26.2 Å². The fraction of sp³-hybridized carbons (Fsp3) is 0.333. The first-order valence-corrected chi connectivity index (χ1v) is 3.23. The molecule has 0 radical (unpaired) electrons. The number of hydrogen-bond acceptors (Lipinski definition) is 0. The fourth-order valence-corrected chi connectivity index (χ4v) is 0.321. The third-order valence-electron chi connectivity index (χ3n) is 0.556. The van der Waals surface area contributed by atoms with E-state index >= 15 is 0 Å². The molecule has 0 N–H and O–H groups in total. The SMILES string of the molecule is [CH2-]C(C)C.[Zr+2].c1cc[cH-]c1. The van der Waals surface area contributed by atoms with Crippen LogP contribution in [0, 0.1) is 12.8 Å². The zero-order chi connectivity index (χ0) is 7.11. The van der Waals surface area contributed by atoms with Crippen molar-refractivity contribution in [3.8, 4) is 0 Å². The van der Waals surface area contributed by atoms with Crippen LogP contribution in [0.2, 0.25) is 0 Å². The van der Waals surface area contributed by atoms with E-state index in [9.17, 15) is 0 Å². The van der Waals surface area contributed by atoms with Crippen molar-refractivity contribution in [2.75, 3.05) is 0 Å². The molecule has 0 spiro atoms. The van der Waals surface area contributed by atoms with Crippen molar-refractivity contribution in [3.05, 3.63) is 37.3 Å². The predicted octanol–water partition coefficient (Wildman–Crippen LogP) is 2.88. The van der Waals surface area contributed by atoms with Gasteiger partial charge in [0.2, 0.25) is 0 Å². The second-order valence-electron chi connectivity index (χ2n) is 2.36. The first-order chi connectivity index (χ1) is 4.23. The molecule has 1 aromatic rings. The molecule has 54 valence electrons. The minimum absolute atomic E-state index is 0. The third-order valence-corrected chi connectivity index (χ3v) is 0.556. The van der Waals surface area contributed by atoms with E-state index in [1.807, 2.05) is 30.3 Å². The van der Waals surface area contributed by atoms with Crippen molar-refractivity contribution >= 4 is 0 Å². The summed E-state index contributed by atoms with van der Waals surface area (Å²) in [7, 11) is 0. The van der Waals surface area contributed by atoms with Crippen molar-refractivity contribution in [2.45, 2.75) is 13.8 Å². The monoisotopic (exact) mass is 212 g/mol. The van der Waals surface area contributed by atoms with E-state index in [1.54, 1.807) is 0 Å². The van der Waals surface area contributed by atoms with Crippen LogP contribution in [0.25, 0.3) is 0 Å². The summed E-state index contributed by atoms with van der Waals surface area (Å²) in [5.41, 5.74) is 0. The maximum atomic E-state index is 3.64. The van der Waals surface area contributed by atoms with Crippen molar-refractivity contribution in [1.29, 1.82) is 0 Å². The molecule has 0 amide bonds. The van der Waals surface area contributed by atoms with Gasteiger partial charge in [-0.2, -0.15) is 24.1 Å². The van der Waals surface area contributed by atoms with Gasteiger partial charge in [-0.05, 0) is 0 Å². The van der Waals surface area contributed by atoms with Gasteiger partial charge in [0.15, 0.2) is 0 Å². The van der Waals surface area contributed by atoms with E-state index < -0.39 is 0 Å². The summed E-state index contributed by atoms with van der Waals surface area (Å²) in [5.74, 6) is 0.583. The Hall–Kier alpha value is 0.233. The van der Waals surface area contributed by atoms with Crippen LogP contribution >= 0.6 is 0 Å². The molecule has 1 heteroatoms. The minimum Gasteiger partial charge on any atom is -0.341 e. The molecule has 0 heterocycles. The molecule has 0 nitrogen and oxygen atoms in total. The van der Waals surface area contributed by atoms with Crippen LogP contribution in [0.3, 0.4) is 0 Å². The van der Waals surface area contributed by atoms with Crippen LogP contribution in [-0.2, 0) is 26.2 Å². The van der Waals surface area contributed by atoms with Crippen LogP contribution in [0.4, 0.5) is 0 Å². The zero-order valence-electron chi connectivity index (χ0n) is 6.67. The van der Waals surface area contributed by atoms with Crippen molar-refractivity contribution in [1.82, 2.24) is 0 Å². The maximum absolute atomic E-state index is 3.64. The summed E-state index contributed by atoms with van der Waals surface area (Å²) < 4.78 is 0. The van der Waals surface area contributed by atoms with Crippen molar-refractivity contribution in [3.63, 3.8) is 0 Å². The molecule has 0 aromatic heterocycles. The summed E-state index contributed by atoms with van der Waals surface area (Å²) >= 11 is 0. The minimum atomic E-state index is 0. The largest absolute Gasteiger partial charge is 2.00 e. The average molecular weight is 213 g/mol. The topological polar surface area (TPSA) is 0 Å². The molecule has 1 aromatic carbocycles. The Morgan fingerprint density at radius 3 is 1.60 bits per heavy atom. The Labute approximate surface area is 83.1 Å². The fourth-order valence-electron chi connectivity index (χ4n) is 0.321. The smallest absolute Gasteiger partial charge is 0.341 e. The first-order valence-electron chi connectivity index (χ1n) is 3.23. The van der Waals surface area contributed by atoms with Crippen LogP contribution in [0.1, 0.15) is 13.8 Å². The number of rotatable bonds is 0. The second kappa shape index (κ2) is 9.23. The Morgan fingerprint density at radius 2 is 1.50 bits per heavy atom. The molecule has 0 fully saturated rings. The zero-order valence-corrected chi connectivity index (χ0v) is 9.13. The van der Waals surface area contributed by atoms with Gasteiger partial charge in [0, 0.05) is 0 Å². The van der Waals surface area contributed by atoms with Gasteiger partial charge in [0.1, 0.15) is 0 Å². The van der Waals surface area contributed by atoms with Gasteiger partial charge >= 0.3 is 26.2 Å². The van der Waals surface area contributed by atoms with Gasteiger partial charge in [-0.3, -0.25) is 0 Å². The van der Waals surface area contributed by atoms with Crippen molar-refractivity contribution in [2.24, 2.45) is 5.92 Å². The molecule has 0 atom stereocenters. The van der Waals surface area contributed by atoms with E-state index in [1.165, 1.54) is 0 Å². The summed E-state index contributed by atoms with van der Waals surface area (Å²) in [6.07, 6.45) is 0. The number of hydrogen-bond donors (Lipinski definition) is 0. The first kappa shape index (κ1) is 12.9. The van der Waals surface area contributed by atoms with E-state index in [0.717, 1.165) is 0 Å². The predicted molar refractivity (Wildman–Crippen MR) is 42.2 cm³/mol. The van der Waals surface area contributed by atoms with Crippen LogP contribution in [0.15, 0.2) is 30.3 Å². The van der Waals surface area contributed by atoms with Crippen LogP contribution < -0.4 is 0 Å². The van der Waals surface area contributed by atoms with E-state index in [-0.39, 0.29) is 26.2 Å². The molecule has 0 bridgehead atoms. The standard InChI is InChI=1S/C5H5.C4H9.Zr/c1-2-4-5-3-1;1-4(2)3;/h1-5H;4H,1H2,2-3H3;/q2*-1;+2. The Bertz CT molecular complexity index is 88.3. The van der Waals surface area contributed by atoms with E-state index in [0.29, 0.717) is 5.92 Å². The molecule has 0 aliphatic carbocycles. The Balaban J connectivity index is 0. The summed E-state index contributed by atoms with van der Waals surface area (Å²) in [6.45, 7) is 7.75. The molecule has 0 saturated carbocycles. The Kier molecular flexibility index (Phi) is 11.9. The Morgan fingerprint density at radius 1 is 1.20 bits per heavy atom. The summed E-state index contributed by atoms with van der Waals surface area (Å²) in [6, 6.07) is 10.0. The van der Waals surface area contributed by atoms with E-state index in [2.05, 4.69) is 20.8 Å². The molecule has 0 unspecified atom stereocenters. The average Bonchev–Trinajstić information content (AvgIpc) is 2.11. The quantitative estimate of drug-likeness (QED) is 0.581. The van der Waals surface area contributed by atoms with Crippen LogP contribution in [-0.4, -0.2) is 0 Å². The summed E-state index contributed by atoms with van der Waals surface area (Å²) in [4.78, 5) is 0. The van der Waals surface area contributed by atoms with Gasteiger partial charge in [0.25, 0.3) is 0 Å². The second-order valence-corrected chi connectivity index (χ2v) is 2.36.